The first-order valence-electron chi connectivity index (χ1n) is 6.54. The number of ether oxygens (including phenoxy) is 2. The first-order valence-corrected chi connectivity index (χ1v) is 6.54. The molecule has 2 aromatic carbocycles. The lowest BCUT2D eigenvalue weighted by atomic mass is 10.1. The van der Waals surface area contributed by atoms with E-state index in [-0.39, 0.29) is 18.5 Å². The van der Waals surface area contributed by atoms with Crippen LogP contribution in [0.5, 0.6) is 11.5 Å². The van der Waals surface area contributed by atoms with Crippen molar-refractivity contribution in [2.75, 3.05) is 12.1 Å². The monoisotopic (exact) mass is 286 g/mol. The van der Waals surface area contributed by atoms with Crippen LogP contribution in [0.1, 0.15) is 18.5 Å². The normalized spacial score (nSPS) is 13.8. The van der Waals surface area contributed by atoms with Crippen molar-refractivity contribution in [3.63, 3.8) is 0 Å². The van der Waals surface area contributed by atoms with Gasteiger partial charge in [0.15, 0.2) is 11.5 Å². The van der Waals surface area contributed by atoms with Gasteiger partial charge < -0.3 is 14.8 Å². The zero-order valence-electron chi connectivity index (χ0n) is 11.4. The largest absolute Gasteiger partial charge is 0.454 e. The maximum atomic E-state index is 11.2. The molecule has 0 radical (unpaired) electrons. The smallest absolute Gasteiger partial charge is 0.296 e. The molecular weight excluding hydrogens is 272 g/mol. The number of nitro groups is 1. The van der Waals surface area contributed by atoms with Crippen molar-refractivity contribution in [1.82, 2.24) is 0 Å². The summed E-state index contributed by atoms with van der Waals surface area (Å²) in [4.78, 5) is 10.8. The van der Waals surface area contributed by atoms with E-state index in [0.29, 0.717) is 17.2 Å². The Morgan fingerprint density at radius 2 is 1.86 bits per heavy atom. The maximum absolute atomic E-state index is 11.2. The number of hydrogen-bond acceptors (Lipinski definition) is 5. The highest BCUT2D eigenvalue weighted by Crippen LogP contribution is 2.41. The van der Waals surface area contributed by atoms with Crippen LogP contribution in [0.15, 0.2) is 42.5 Å². The molecule has 6 heteroatoms. The molecule has 1 aliphatic rings. The van der Waals surface area contributed by atoms with E-state index in [1.54, 1.807) is 6.07 Å². The first kappa shape index (κ1) is 13.2. The summed E-state index contributed by atoms with van der Waals surface area (Å²) < 4.78 is 10.5. The number of nitrogens with one attached hydrogen (secondary N) is 1. The number of anilines is 1. The summed E-state index contributed by atoms with van der Waals surface area (Å²) in [6, 6.07) is 12.7. The second kappa shape index (κ2) is 5.32. The zero-order valence-corrected chi connectivity index (χ0v) is 11.4. The van der Waals surface area contributed by atoms with Gasteiger partial charge in [-0.15, -0.1) is 0 Å². The molecule has 1 aliphatic heterocycles. The molecule has 1 heterocycles. The Hall–Kier alpha value is -2.76. The summed E-state index contributed by atoms with van der Waals surface area (Å²) in [5.41, 5.74) is 1.44. The quantitative estimate of drug-likeness (QED) is 0.688. The van der Waals surface area contributed by atoms with E-state index in [4.69, 9.17) is 9.47 Å². The van der Waals surface area contributed by atoms with Gasteiger partial charge >= 0.3 is 0 Å². The average molecular weight is 286 g/mol. The fourth-order valence-electron chi connectivity index (χ4n) is 2.26. The first-order chi connectivity index (χ1) is 10.1. The van der Waals surface area contributed by atoms with Crippen LogP contribution >= 0.6 is 0 Å². The molecule has 108 valence electrons. The Balaban J connectivity index is 1.93. The second-order valence-corrected chi connectivity index (χ2v) is 4.76. The van der Waals surface area contributed by atoms with E-state index < -0.39 is 4.92 Å². The summed E-state index contributed by atoms with van der Waals surface area (Å²) in [6.07, 6.45) is 0. The van der Waals surface area contributed by atoms with E-state index in [9.17, 15) is 10.1 Å². The molecule has 21 heavy (non-hydrogen) atoms. The average Bonchev–Trinajstić information content (AvgIpc) is 2.94. The summed E-state index contributed by atoms with van der Waals surface area (Å²) in [6.45, 7) is 2.04. The van der Waals surface area contributed by atoms with E-state index >= 15 is 0 Å². The SMILES string of the molecule is CC(Nc1cc2c(cc1[N+](=O)[O-])OCO2)c1ccccc1. The van der Waals surface area contributed by atoms with Crippen LogP contribution in [0.25, 0.3) is 0 Å². The van der Waals surface area contributed by atoms with E-state index in [2.05, 4.69) is 5.32 Å². The van der Waals surface area contributed by atoms with Gasteiger partial charge in [0.25, 0.3) is 5.69 Å². The van der Waals surface area contributed by atoms with E-state index in [1.807, 2.05) is 37.3 Å². The fraction of sp³-hybridized carbons (Fsp3) is 0.200. The molecular formula is C15H14N2O4. The number of fused-ring (bicyclic) bond motifs is 1. The lowest BCUT2D eigenvalue weighted by Gasteiger charge is -2.16. The molecule has 0 aromatic heterocycles. The molecule has 6 nitrogen and oxygen atoms in total. The van der Waals surface area contributed by atoms with Crippen LogP contribution in [0, 0.1) is 10.1 Å². The van der Waals surface area contributed by atoms with Gasteiger partial charge in [-0.05, 0) is 12.5 Å². The lowest BCUT2D eigenvalue weighted by molar-refractivity contribution is -0.384. The van der Waals surface area contributed by atoms with Crippen molar-refractivity contribution < 1.29 is 14.4 Å². The molecule has 0 bridgehead atoms. The van der Waals surface area contributed by atoms with Crippen molar-refractivity contribution >= 4 is 11.4 Å². The highest BCUT2D eigenvalue weighted by Gasteiger charge is 2.24. The fourth-order valence-corrected chi connectivity index (χ4v) is 2.26. The predicted octanol–water partition coefficient (Wildman–Crippen LogP) is 3.50. The van der Waals surface area contributed by atoms with Crippen LogP contribution in [0.4, 0.5) is 11.4 Å². The van der Waals surface area contributed by atoms with Crippen molar-refractivity contribution in [1.29, 1.82) is 0 Å². The van der Waals surface area contributed by atoms with E-state index in [1.165, 1.54) is 6.07 Å². The van der Waals surface area contributed by atoms with Gasteiger partial charge in [0.2, 0.25) is 6.79 Å². The molecule has 1 atom stereocenters. The molecule has 0 saturated carbocycles. The Morgan fingerprint density at radius 3 is 2.52 bits per heavy atom. The summed E-state index contributed by atoms with van der Waals surface area (Å²) >= 11 is 0. The number of nitrogens with zero attached hydrogens (tertiary/aromatic N) is 1. The number of hydrogen-bond donors (Lipinski definition) is 1. The van der Waals surface area contributed by atoms with Crippen molar-refractivity contribution in [3.05, 3.63) is 58.1 Å². The second-order valence-electron chi connectivity index (χ2n) is 4.76. The molecule has 0 aliphatic carbocycles. The Bertz CT molecular complexity index is 673. The Kier molecular flexibility index (Phi) is 3.35. The highest BCUT2D eigenvalue weighted by molar-refractivity contribution is 5.69. The summed E-state index contributed by atoms with van der Waals surface area (Å²) in [5, 5.41) is 14.4. The predicted molar refractivity (Wildman–Crippen MR) is 77.7 cm³/mol. The third-order valence-electron chi connectivity index (χ3n) is 3.36. The maximum Gasteiger partial charge on any atom is 0.296 e. The van der Waals surface area contributed by atoms with Gasteiger partial charge in [-0.25, -0.2) is 0 Å². The molecule has 3 rings (SSSR count). The molecule has 2 aromatic rings. The number of rotatable bonds is 4. The van der Waals surface area contributed by atoms with Crippen LogP contribution < -0.4 is 14.8 Å². The van der Waals surface area contributed by atoms with Crippen LogP contribution in [-0.4, -0.2) is 11.7 Å². The standard InChI is InChI=1S/C15H14N2O4/c1-10(11-5-3-2-4-6-11)16-12-7-14-15(21-9-20-14)8-13(12)17(18)19/h2-8,10,16H,9H2,1H3. The topological polar surface area (TPSA) is 73.6 Å². The Labute approximate surface area is 121 Å². The third-order valence-corrected chi connectivity index (χ3v) is 3.36. The van der Waals surface area contributed by atoms with Gasteiger partial charge in [-0.1, -0.05) is 30.3 Å². The third kappa shape index (κ3) is 2.60. The highest BCUT2D eigenvalue weighted by atomic mass is 16.7. The van der Waals surface area contributed by atoms with Gasteiger partial charge in [-0.2, -0.15) is 0 Å². The molecule has 1 N–H and O–H groups in total. The minimum absolute atomic E-state index is 0.0259. The molecule has 0 saturated heterocycles. The van der Waals surface area contributed by atoms with Crippen molar-refractivity contribution in [3.8, 4) is 11.5 Å². The van der Waals surface area contributed by atoms with Crippen LogP contribution in [-0.2, 0) is 0 Å². The van der Waals surface area contributed by atoms with Crippen molar-refractivity contribution in [2.24, 2.45) is 0 Å². The summed E-state index contributed by atoms with van der Waals surface area (Å²) in [7, 11) is 0. The van der Waals surface area contributed by atoms with E-state index in [0.717, 1.165) is 5.56 Å². The minimum Gasteiger partial charge on any atom is -0.454 e. The number of nitro benzene ring substituents is 1. The van der Waals surface area contributed by atoms with Crippen LogP contribution in [0.2, 0.25) is 0 Å². The molecule has 1 unspecified atom stereocenters. The molecule has 0 fully saturated rings. The van der Waals surface area contributed by atoms with Crippen LogP contribution in [0.3, 0.4) is 0 Å². The molecule has 0 amide bonds. The molecule has 0 spiro atoms. The minimum atomic E-state index is -0.429. The van der Waals surface area contributed by atoms with Gasteiger partial charge in [-0.3, -0.25) is 10.1 Å². The summed E-state index contributed by atoms with van der Waals surface area (Å²) in [5.74, 6) is 0.919. The van der Waals surface area contributed by atoms with Gasteiger partial charge in [0, 0.05) is 12.1 Å². The number of benzene rings is 2. The van der Waals surface area contributed by atoms with Gasteiger partial charge in [0.05, 0.1) is 11.0 Å². The lowest BCUT2D eigenvalue weighted by Crippen LogP contribution is -2.08. The van der Waals surface area contributed by atoms with Gasteiger partial charge in [0.1, 0.15) is 5.69 Å². The zero-order chi connectivity index (χ0) is 14.8. The Morgan fingerprint density at radius 1 is 1.19 bits per heavy atom. The van der Waals surface area contributed by atoms with Crippen molar-refractivity contribution in [2.45, 2.75) is 13.0 Å².